The van der Waals surface area contributed by atoms with Crippen molar-refractivity contribution in [3.8, 4) is 0 Å². The number of anilines is 1. The van der Waals surface area contributed by atoms with Crippen LogP contribution in [-0.2, 0) is 22.6 Å². The van der Waals surface area contributed by atoms with Crippen molar-refractivity contribution in [1.29, 1.82) is 0 Å². The molecule has 1 aromatic carbocycles. The number of rotatable bonds is 6. The number of aryl methyl sites for hydroxylation is 1. The Morgan fingerprint density at radius 2 is 2.04 bits per heavy atom. The van der Waals surface area contributed by atoms with Crippen molar-refractivity contribution in [2.45, 2.75) is 19.4 Å². The van der Waals surface area contributed by atoms with E-state index in [1.807, 2.05) is 0 Å². The summed E-state index contributed by atoms with van der Waals surface area (Å²) in [5.41, 5.74) is 0.587. The zero-order chi connectivity index (χ0) is 17.7. The van der Waals surface area contributed by atoms with Crippen LogP contribution in [0.25, 0.3) is 0 Å². The van der Waals surface area contributed by atoms with Gasteiger partial charge in [-0.15, -0.1) is 0 Å². The van der Waals surface area contributed by atoms with Crippen molar-refractivity contribution >= 4 is 17.5 Å². The molecule has 6 nitrogen and oxygen atoms in total. The first kappa shape index (κ1) is 17.6. The molecule has 0 aliphatic heterocycles. The quantitative estimate of drug-likeness (QED) is 0.875. The summed E-state index contributed by atoms with van der Waals surface area (Å²) in [4.78, 5) is 24.9. The first-order valence-corrected chi connectivity index (χ1v) is 7.31. The van der Waals surface area contributed by atoms with Crippen LogP contribution in [0.3, 0.4) is 0 Å². The highest BCUT2D eigenvalue weighted by atomic mass is 19.1. The largest absolute Gasteiger partial charge is 0.347 e. The standard InChI is InChI=1S/C16H18F2N4O2/c1-21(2)16(24)10-22-9-13(8-19-22)20-15(23)6-3-11-7-12(17)4-5-14(11)18/h4-5,7-9H,3,6,10H2,1-2H3,(H,20,23). The first-order valence-electron chi connectivity index (χ1n) is 7.31. The molecule has 1 heterocycles. The Morgan fingerprint density at radius 1 is 1.29 bits per heavy atom. The number of benzene rings is 1. The summed E-state index contributed by atoms with van der Waals surface area (Å²) >= 11 is 0. The van der Waals surface area contributed by atoms with Crippen molar-refractivity contribution in [2.75, 3.05) is 19.4 Å². The number of amides is 2. The number of carbonyl (C=O) groups excluding carboxylic acids is 2. The van der Waals surface area contributed by atoms with Gasteiger partial charge in [-0.2, -0.15) is 5.10 Å². The summed E-state index contributed by atoms with van der Waals surface area (Å²) in [6, 6.07) is 3.14. The predicted octanol–water partition coefficient (Wildman–Crippen LogP) is 1.82. The van der Waals surface area contributed by atoms with Gasteiger partial charge in [0.1, 0.15) is 18.2 Å². The number of hydrogen-bond acceptors (Lipinski definition) is 3. The van der Waals surface area contributed by atoms with Gasteiger partial charge in [-0.05, 0) is 30.2 Å². The van der Waals surface area contributed by atoms with Crippen molar-refractivity contribution in [3.05, 3.63) is 47.8 Å². The molecule has 0 radical (unpaired) electrons. The molecule has 0 bridgehead atoms. The summed E-state index contributed by atoms with van der Waals surface area (Å²) in [5.74, 6) is -1.56. The van der Waals surface area contributed by atoms with E-state index in [1.165, 1.54) is 22.0 Å². The Kier molecular flexibility index (Phi) is 5.62. The third-order valence-corrected chi connectivity index (χ3v) is 3.34. The Bertz CT molecular complexity index is 743. The molecule has 0 aliphatic rings. The van der Waals surface area contributed by atoms with Crippen LogP contribution < -0.4 is 5.32 Å². The molecule has 8 heteroatoms. The van der Waals surface area contributed by atoms with E-state index in [0.717, 1.165) is 18.2 Å². The van der Waals surface area contributed by atoms with Crippen LogP contribution in [0, 0.1) is 11.6 Å². The van der Waals surface area contributed by atoms with Gasteiger partial charge in [0.05, 0.1) is 11.9 Å². The van der Waals surface area contributed by atoms with Gasteiger partial charge in [-0.25, -0.2) is 8.78 Å². The molecular formula is C16H18F2N4O2. The van der Waals surface area contributed by atoms with Crippen molar-refractivity contribution in [1.82, 2.24) is 14.7 Å². The van der Waals surface area contributed by atoms with Crippen LogP contribution in [-0.4, -0.2) is 40.6 Å². The lowest BCUT2D eigenvalue weighted by molar-refractivity contribution is -0.129. The number of halogens is 2. The average molecular weight is 336 g/mol. The first-order chi connectivity index (χ1) is 11.3. The molecule has 2 amide bonds. The summed E-state index contributed by atoms with van der Waals surface area (Å²) < 4.78 is 28.0. The number of likely N-dealkylation sites (N-methyl/N-ethyl adjacent to an activating group) is 1. The van der Waals surface area contributed by atoms with Crippen molar-refractivity contribution < 1.29 is 18.4 Å². The molecule has 0 atom stereocenters. The Hall–Kier alpha value is -2.77. The van der Waals surface area contributed by atoms with Crippen LogP contribution in [0.4, 0.5) is 14.5 Å². The Labute approximate surface area is 138 Å². The van der Waals surface area contributed by atoms with E-state index < -0.39 is 11.6 Å². The van der Waals surface area contributed by atoms with E-state index in [0.29, 0.717) is 5.69 Å². The fraction of sp³-hybridized carbons (Fsp3) is 0.312. The van der Waals surface area contributed by atoms with Gasteiger partial charge in [0.25, 0.3) is 0 Å². The zero-order valence-electron chi connectivity index (χ0n) is 13.4. The maximum atomic E-state index is 13.5. The third-order valence-electron chi connectivity index (χ3n) is 3.34. The summed E-state index contributed by atoms with van der Waals surface area (Å²) in [5, 5.41) is 6.59. The molecule has 0 aliphatic carbocycles. The predicted molar refractivity (Wildman–Crippen MR) is 84.2 cm³/mol. The van der Waals surface area contributed by atoms with Gasteiger partial charge in [0, 0.05) is 26.7 Å². The Morgan fingerprint density at radius 3 is 2.75 bits per heavy atom. The van der Waals surface area contributed by atoms with Gasteiger partial charge in [-0.3, -0.25) is 14.3 Å². The number of nitrogens with zero attached hydrogens (tertiary/aromatic N) is 3. The minimum atomic E-state index is -0.543. The molecule has 1 aromatic heterocycles. The van der Waals surface area contributed by atoms with Crippen molar-refractivity contribution in [2.24, 2.45) is 0 Å². The molecule has 1 N–H and O–H groups in total. The minimum Gasteiger partial charge on any atom is -0.347 e. The molecule has 128 valence electrons. The monoisotopic (exact) mass is 336 g/mol. The maximum absolute atomic E-state index is 13.5. The van der Waals surface area contributed by atoms with Gasteiger partial charge in [-0.1, -0.05) is 0 Å². The van der Waals surface area contributed by atoms with E-state index >= 15 is 0 Å². The van der Waals surface area contributed by atoms with Crippen molar-refractivity contribution in [3.63, 3.8) is 0 Å². The second-order valence-corrected chi connectivity index (χ2v) is 5.50. The normalized spacial score (nSPS) is 10.5. The van der Waals surface area contributed by atoms with Crippen LogP contribution >= 0.6 is 0 Å². The van der Waals surface area contributed by atoms with E-state index in [9.17, 15) is 18.4 Å². The lowest BCUT2D eigenvalue weighted by Crippen LogP contribution is -2.26. The highest BCUT2D eigenvalue weighted by molar-refractivity contribution is 5.90. The molecule has 0 spiro atoms. The SMILES string of the molecule is CN(C)C(=O)Cn1cc(NC(=O)CCc2cc(F)ccc2F)cn1. The zero-order valence-corrected chi connectivity index (χ0v) is 13.4. The van der Waals surface area contributed by atoms with E-state index in [1.54, 1.807) is 14.1 Å². The number of nitrogens with one attached hydrogen (secondary N) is 1. The molecular weight excluding hydrogens is 318 g/mol. The topological polar surface area (TPSA) is 67.2 Å². The molecule has 24 heavy (non-hydrogen) atoms. The third kappa shape index (κ3) is 4.87. The smallest absolute Gasteiger partial charge is 0.243 e. The molecule has 0 saturated heterocycles. The second-order valence-electron chi connectivity index (χ2n) is 5.50. The second kappa shape index (κ2) is 7.67. The van der Waals surface area contributed by atoms with Crippen LogP contribution in [0.1, 0.15) is 12.0 Å². The summed E-state index contributed by atoms with van der Waals surface area (Å²) in [6.45, 7) is 0.0668. The number of hydrogen-bond donors (Lipinski definition) is 1. The van der Waals surface area contributed by atoms with Crippen LogP contribution in [0.15, 0.2) is 30.6 Å². The minimum absolute atomic E-state index is 0.00216. The summed E-state index contributed by atoms with van der Waals surface area (Å²) in [7, 11) is 3.28. The van der Waals surface area contributed by atoms with Gasteiger partial charge < -0.3 is 10.2 Å². The van der Waals surface area contributed by atoms with Gasteiger partial charge in [0.15, 0.2) is 0 Å². The molecule has 2 rings (SSSR count). The number of aromatic nitrogens is 2. The van der Waals surface area contributed by atoms with E-state index in [2.05, 4.69) is 10.4 Å². The number of carbonyl (C=O) groups is 2. The van der Waals surface area contributed by atoms with Crippen LogP contribution in [0.5, 0.6) is 0 Å². The molecule has 2 aromatic rings. The van der Waals surface area contributed by atoms with Gasteiger partial charge >= 0.3 is 0 Å². The highest BCUT2D eigenvalue weighted by Gasteiger charge is 2.10. The lowest BCUT2D eigenvalue weighted by atomic mass is 10.1. The van der Waals surface area contributed by atoms with E-state index in [-0.39, 0.29) is 36.8 Å². The van der Waals surface area contributed by atoms with E-state index in [4.69, 9.17) is 0 Å². The Balaban J connectivity index is 1.87. The molecule has 0 fully saturated rings. The lowest BCUT2D eigenvalue weighted by Gasteiger charge is -2.09. The van der Waals surface area contributed by atoms with Gasteiger partial charge in [0.2, 0.25) is 11.8 Å². The molecule has 0 unspecified atom stereocenters. The fourth-order valence-corrected chi connectivity index (χ4v) is 2.00. The van der Waals surface area contributed by atoms with Crippen LogP contribution in [0.2, 0.25) is 0 Å². The fourth-order valence-electron chi connectivity index (χ4n) is 2.00. The average Bonchev–Trinajstić information content (AvgIpc) is 2.95. The highest BCUT2D eigenvalue weighted by Crippen LogP contribution is 2.13. The summed E-state index contributed by atoms with van der Waals surface area (Å²) in [6.07, 6.45) is 3.04. The maximum Gasteiger partial charge on any atom is 0.243 e. The molecule has 0 saturated carbocycles.